The molecular weight excluding hydrogens is 352 g/mol. The SMILES string of the molecule is Cc1ccc(CSc2nnc3ccc(-c4ccc(Cl)cc4)nn23)cc1. The monoisotopic (exact) mass is 366 g/mol. The summed E-state index contributed by atoms with van der Waals surface area (Å²) in [5.74, 6) is 0.827. The average molecular weight is 367 g/mol. The lowest BCUT2D eigenvalue weighted by atomic mass is 10.1. The lowest BCUT2D eigenvalue weighted by Crippen LogP contribution is -1.96. The van der Waals surface area contributed by atoms with Crippen LogP contribution in [0.3, 0.4) is 0 Å². The van der Waals surface area contributed by atoms with E-state index in [4.69, 9.17) is 11.6 Å². The van der Waals surface area contributed by atoms with Gasteiger partial charge in [-0.1, -0.05) is 65.3 Å². The molecule has 0 aliphatic carbocycles. The van der Waals surface area contributed by atoms with Crippen LogP contribution in [0.25, 0.3) is 16.9 Å². The van der Waals surface area contributed by atoms with E-state index in [-0.39, 0.29) is 0 Å². The standard InChI is InChI=1S/C19H15ClN4S/c1-13-2-4-14(5-3-13)12-25-19-22-21-18-11-10-17(23-24(18)19)15-6-8-16(20)9-7-15/h2-11H,12H2,1H3. The number of thioether (sulfide) groups is 1. The normalized spacial score (nSPS) is 11.1. The Morgan fingerprint density at radius 3 is 2.44 bits per heavy atom. The quantitative estimate of drug-likeness (QED) is 0.474. The van der Waals surface area contributed by atoms with Gasteiger partial charge in [0.2, 0.25) is 5.16 Å². The van der Waals surface area contributed by atoms with Gasteiger partial charge in [0.15, 0.2) is 5.65 Å². The zero-order chi connectivity index (χ0) is 17.2. The van der Waals surface area contributed by atoms with E-state index < -0.39 is 0 Å². The lowest BCUT2D eigenvalue weighted by molar-refractivity contribution is 0.813. The summed E-state index contributed by atoms with van der Waals surface area (Å²) in [6, 6.07) is 20.0. The molecule has 0 spiro atoms. The van der Waals surface area contributed by atoms with E-state index in [1.165, 1.54) is 11.1 Å². The van der Waals surface area contributed by atoms with Gasteiger partial charge >= 0.3 is 0 Å². The Morgan fingerprint density at radius 1 is 0.920 bits per heavy atom. The summed E-state index contributed by atoms with van der Waals surface area (Å²) in [5.41, 5.74) is 5.12. The fourth-order valence-electron chi connectivity index (χ4n) is 2.47. The molecule has 0 aliphatic heterocycles. The van der Waals surface area contributed by atoms with Crippen molar-refractivity contribution < 1.29 is 0 Å². The Balaban J connectivity index is 1.62. The second-order valence-corrected chi connectivity index (χ2v) is 7.13. The zero-order valence-corrected chi connectivity index (χ0v) is 15.1. The van der Waals surface area contributed by atoms with Crippen molar-refractivity contribution in [3.8, 4) is 11.3 Å². The summed E-state index contributed by atoms with van der Waals surface area (Å²) in [5, 5.41) is 14.7. The maximum Gasteiger partial charge on any atom is 0.212 e. The smallest absolute Gasteiger partial charge is 0.187 e. The van der Waals surface area contributed by atoms with Crippen LogP contribution in [0.15, 0.2) is 65.8 Å². The molecule has 0 saturated carbocycles. The molecule has 0 N–H and O–H groups in total. The van der Waals surface area contributed by atoms with Crippen LogP contribution in [0.2, 0.25) is 5.02 Å². The molecule has 0 bridgehead atoms. The third-order valence-corrected chi connectivity index (χ3v) is 5.11. The van der Waals surface area contributed by atoms with Gasteiger partial charge in [-0.25, -0.2) is 0 Å². The minimum absolute atomic E-state index is 0.712. The molecule has 2 aromatic carbocycles. The number of fused-ring (bicyclic) bond motifs is 1. The van der Waals surface area contributed by atoms with Crippen molar-refractivity contribution in [2.24, 2.45) is 0 Å². The first-order valence-corrected chi connectivity index (χ1v) is 9.22. The summed E-state index contributed by atoms with van der Waals surface area (Å²) < 4.78 is 1.79. The van der Waals surface area contributed by atoms with E-state index in [9.17, 15) is 0 Å². The molecule has 4 aromatic rings. The molecule has 124 valence electrons. The van der Waals surface area contributed by atoms with Crippen molar-refractivity contribution in [1.82, 2.24) is 19.8 Å². The van der Waals surface area contributed by atoms with Crippen LogP contribution in [-0.2, 0) is 5.75 Å². The van der Waals surface area contributed by atoms with Crippen molar-refractivity contribution in [1.29, 1.82) is 0 Å². The predicted molar refractivity (Wildman–Crippen MR) is 102 cm³/mol. The fraction of sp³-hybridized carbons (Fsp3) is 0.105. The first-order valence-electron chi connectivity index (χ1n) is 7.86. The van der Waals surface area contributed by atoms with Gasteiger partial charge < -0.3 is 0 Å². The van der Waals surface area contributed by atoms with Gasteiger partial charge in [0.05, 0.1) is 5.69 Å². The summed E-state index contributed by atoms with van der Waals surface area (Å²) in [7, 11) is 0. The predicted octanol–water partition coefficient (Wildman–Crippen LogP) is 5.05. The van der Waals surface area contributed by atoms with Gasteiger partial charge in [-0.15, -0.1) is 10.2 Å². The highest BCUT2D eigenvalue weighted by atomic mass is 35.5. The van der Waals surface area contributed by atoms with E-state index in [1.807, 2.05) is 36.4 Å². The first-order chi connectivity index (χ1) is 12.2. The van der Waals surface area contributed by atoms with Crippen LogP contribution in [0, 0.1) is 6.92 Å². The topological polar surface area (TPSA) is 43.1 Å². The van der Waals surface area contributed by atoms with Gasteiger partial charge in [0.1, 0.15) is 0 Å². The summed E-state index contributed by atoms with van der Waals surface area (Å²) in [6.45, 7) is 2.09. The van der Waals surface area contributed by atoms with Crippen LogP contribution in [0.1, 0.15) is 11.1 Å². The maximum atomic E-state index is 5.96. The summed E-state index contributed by atoms with van der Waals surface area (Å²) in [4.78, 5) is 0. The lowest BCUT2D eigenvalue weighted by Gasteiger charge is -2.04. The van der Waals surface area contributed by atoms with Crippen molar-refractivity contribution in [2.45, 2.75) is 17.8 Å². The molecule has 0 fully saturated rings. The Kier molecular flexibility index (Phi) is 4.42. The number of halogens is 1. The third kappa shape index (κ3) is 3.52. The minimum Gasteiger partial charge on any atom is -0.187 e. The second kappa shape index (κ2) is 6.86. The van der Waals surface area contributed by atoms with Crippen LogP contribution < -0.4 is 0 Å². The van der Waals surface area contributed by atoms with E-state index in [1.54, 1.807) is 16.3 Å². The highest BCUT2D eigenvalue weighted by molar-refractivity contribution is 7.98. The highest BCUT2D eigenvalue weighted by Gasteiger charge is 2.09. The molecule has 0 radical (unpaired) electrons. The van der Waals surface area contributed by atoms with E-state index >= 15 is 0 Å². The number of hydrogen-bond donors (Lipinski definition) is 0. The molecule has 0 unspecified atom stereocenters. The Morgan fingerprint density at radius 2 is 1.68 bits per heavy atom. The first kappa shape index (κ1) is 16.1. The number of benzene rings is 2. The van der Waals surface area contributed by atoms with Gasteiger partial charge in [0, 0.05) is 16.3 Å². The second-order valence-electron chi connectivity index (χ2n) is 5.75. The Hall–Kier alpha value is -2.37. The number of hydrogen-bond acceptors (Lipinski definition) is 4. The summed E-state index contributed by atoms with van der Waals surface area (Å²) in [6.07, 6.45) is 0. The van der Waals surface area contributed by atoms with Gasteiger partial charge in [-0.05, 0) is 36.8 Å². The van der Waals surface area contributed by atoms with Gasteiger partial charge in [-0.3, -0.25) is 0 Å². The highest BCUT2D eigenvalue weighted by Crippen LogP contribution is 2.24. The van der Waals surface area contributed by atoms with Crippen LogP contribution in [0.5, 0.6) is 0 Å². The molecule has 2 aromatic heterocycles. The molecule has 0 amide bonds. The van der Waals surface area contributed by atoms with E-state index in [0.29, 0.717) is 5.02 Å². The van der Waals surface area contributed by atoms with Crippen molar-refractivity contribution in [2.75, 3.05) is 0 Å². The molecule has 4 rings (SSSR count). The van der Waals surface area contributed by atoms with E-state index in [0.717, 1.165) is 27.8 Å². The molecule has 0 saturated heterocycles. The average Bonchev–Trinajstić information content (AvgIpc) is 3.04. The maximum absolute atomic E-state index is 5.96. The molecule has 0 aliphatic rings. The fourth-order valence-corrected chi connectivity index (χ4v) is 3.44. The number of aryl methyl sites for hydroxylation is 1. The van der Waals surface area contributed by atoms with Crippen LogP contribution in [0.4, 0.5) is 0 Å². The minimum atomic E-state index is 0.712. The Labute approximate surface area is 154 Å². The van der Waals surface area contributed by atoms with Crippen molar-refractivity contribution in [3.05, 3.63) is 76.8 Å². The van der Waals surface area contributed by atoms with Crippen LogP contribution >= 0.6 is 23.4 Å². The van der Waals surface area contributed by atoms with Crippen LogP contribution in [-0.4, -0.2) is 19.8 Å². The van der Waals surface area contributed by atoms with Crippen molar-refractivity contribution >= 4 is 29.0 Å². The molecule has 4 nitrogen and oxygen atoms in total. The molecule has 25 heavy (non-hydrogen) atoms. The number of aromatic nitrogens is 4. The molecular formula is C19H15ClN4S. The zero-order valence-electron chi connectivity index (χ0n) is 13.6. The molecule has 2 heterocycles. The molecule has 6 heteroatoms. The van der Waals surface area contributed by atoms with Gasteiger partial charge in [-0.2, -0.15) is 9.61 Å². The van der Waals surface area contributed by atoms with Crippen molar-refractivity contribution in [3.63, 3.8) is 0 Å². The Bertz CT molecular complexity index is 1010. The summed E-state index contributed by atoms with van der Waals surface area (Å²) >= 11 is 7.59. The number of rotatable bonds is 4. The van der Waals surface area contributed by atoms with Gasteiger partial charge in [0.25, 0.3) is 0 Å². The largest absolute Gasteiger partial charge is 0.212 e. The number of nitrogens with zero attached hydrogens (tertiary/aromatic N) is 4. The van der Waals surface area contributed by atoms with E-state index in [2.05, 4.69) is 46.5 Å². The third-order valence-electron chi connectivity index (χ3n) is 3.86. The molecule has 0 atom stereocenters.